The topological polar surface area (TPSA) is 107 Å². The van der Waals surface area contributed by atoms with E-state index in [1.54, 1.807) is 12.2 Å². The van der Waals surface area contributed by atoms with Crippen molar-refractivity contribution in [3.63, 3.8) is 0 Å². The lowest BCUT2D eigenvalue weighted by molar-refractivity contribution is -0.140. The van der Waals surface area contributed by atoms with E-state index in [1.165, 1.54) is 12.2 Å². The van der Waals surface area contributed by atoms with Gasteiger partial charge in [-0.3, -0.25) is 0 Å². The predicted molar refractivity (Wildman–Crippen MR) is 178 cm³/mol. The average molecular weight is 611 g/mol. The van der Waals surface area contributed by atoms with Gasteiger partial charge in [-0.2, -0.15) is 10.5 Å². The molecule has 0 amide bonds. The molecule has 0 bridgehead atoms. The maximum Gasteiger partial charge on any atom is 0.348 e. The van der Waals surface area contributed by atoms with Gasteiger partial charge in [0.05, 0.1) is 13.2 Å². The Hall–Kier alpha value is -3.52. The van der Waals surface area contributed by atoms with Crippen LogP contribution < -0.4 is 0 Å². The fraction of sp³-hybridized carbons (Fsp3) is 0.667. The number of esters is 2. The summed E-state index contributed by atoms with van der Waals surface area (Å²) in [5.41, 5.74) is 0.0130. The van der Waals surface area contributed by atoms with Crippen LogP contribution in [0.2, 0.25) is 0 Å². The molecule has 8 nitrogen and oxygen atoms in total. The second-order valence-electron chi connectivity index (χ2n) is 11.1. The van der Waals surface area contributed by atoms with Gasteiger partial charge in [-0.25, -0.2) is 9.59 Å². The first-order valence-electron chi connectivity index (χ1n) is 16.7. The average Bonchev–Trinajstić information content (AvgIpc) is 3.04. The third-order valence-electron chi connectivity index (χ3n) is 7.74. The molecule has 0 aromatic heterocycles. The summed E-state index contributed by atoms with van der Waals surface area (Å²) in [5.74, 6) is -0.468. The van der Waals surface area contributed by atoms with Gasteiger partial charge in [-0.1, -0.05) is 66.2 Å². The van der Waals surface area contributed by atoms with Crippen LogP contribution in [-0.4, -0.2) is 61.1 Å². The molecule has 0 aromatic carbocycles. The van der Waals surface area contributed by atoms with E-state index in [0.717, 1.165) is 90.4 Å². The molecule has 0 heterocycles. The van der Waals surface area contributed by atoms with Gasteiger partial charge >= 0.3 is 11.9 Å². The lowest BCUT2D eigenvalue weighted by atomic mass is 10.0. The zero-order valence-electron chi connectivity index (χ0n) is 28.4. The van der Waals surface area contributed by atoms with Crippen molar-refractivity contribution in [3.8, 4) is 12.1 Å². The Morgan fingerprint density at radius 3 is 1.34 bits per heavy atom. The molecule has 246 valence electrons. The fourth-order valence-electron chi connectivity index (χ4n) is 4.47. The number of carbonyl (C=O) groups is 2. The minimum absolute atomic E-state index is 0.00650. The number of unbranched alkanes of at least 4 members (excludes halogenated alkanes) is 3. The summed E-state index contributed by atoms with van der Waals surface area (Å²) >= 11 is 0. The first kappa shape index (κ1) is 40.5. The number of carbonyl (C=O) groups excluding carboxylic acids is 2. The lowest BCUT2D eigenvalue weighted by Gasteiger charge is -2.21. The van der Waals surface area contributed by atoms with Gasteiger partial charge in [0.25, 0.3) is 0 Å². The van der Waals surface area contributed by atoms with Gasteiger partial charge in [0, 0.05) is 26.2 Å². The number of rotatable bonds is 25. The molecule has 0 rings (SSSR count). The third-order valence-corrected chi connectivity index (χ3v) is 7.74. The Balaban J connectivity index is 4.77. The van der Waals surface area contributed by atoms with Gasteiger partial charge in [0.2, 0.25) is 0 Å². The van der Waals surface area contributed by atoms with Crippen LogP contribution in [0, 0.1) is 34.5 Å². The number of ether oxygens (including phenoxy) is 2. The van der Waals surface area contributed by atoms with Crippen molar-refractivity contribution in [1.82, 2.24) is 9.80 Å². The van der Waals surface area contributed by atoms with E-state index in [4.69, 9.17) is 9.47 Å². The number of nitrogens with zero attached hydrogens (tertiary/aromatic N) is 4. The van der Waals surface area contributed by atoms with Gasteiger partial charge in [0.1, 0.15) is 23.3 Å². The van der Waals surface area contributed by atoms with Crippen LogP contribution in [0.25, 0.3) is 0 Å². The van der Waals surface area contributed by atoms with Crippen molar-refractivity contribution in [3.05, 3.63) is 47.9 Å². The molecule has 2 unspecified atom stereocenters. The van der Waals surface area contributed by atoms with Crippen LogP contribution in [0.3, 0.4) is 0 Å². The first-order chi connectivity index (χ1) is 21.3. The molecular weight excluding hydrogens is 552 g/mol. The minimum atomic E-state index is -0.566. The smallest absolute Gasteiger partial charge is 0.348 e. The Labute approximate surface area is 268 Å². The molecule has 44 heavy (non-hydrogen) atoms. The second kappa shape index (κ2) is 27.1. The molecule has 0 N–H and O–H groups in total. The Morgan fingerprint density at radius 2 is 1.05 bits per heavy atom. The largest absolute Gasteiger partial charge is 0.461 e. The van der Waals surface area contributed by atoms with Gasteiger partial charge in [-0.15, -0.1) is 0 Å². The monoisotopic (exact) mass is 610 g/mol. The van der Waals surface area contributed by atoms with Crippen molar-refractivity contribution < 1.29 is 19.1 Å². The molecular formula is C36H58N4O4. The van der Waals surface area contributed by atoms with Crippen LogP contribution >= 0.6 is 0 Å². The van der Waals surface area contributed by atoms with Gasteiger partial charge in [-0.05, 0) is 88.1 Å². The molecule has 0 aliphatic rings. The summed E-state index contributed by atoms with van der Waals surface area (Å²) in [6.45, 7) is 16.6. The van der Waals surface area contributed by atoms with Crippen molar-refractivity contribution in [1.29, 1.82) is 10.5 Å². The van der Waals surface area contributed by atoms with E-state index in [1.807, 2.05) is 24.5 Å². The zero-order chi connectivity index (χ0) is 33.0. The highest BCUT2D eigenvalue weighted by atomic mass is 16.5. The summed E-state index contributed by atoms with van der Waals surface area (Å²) in [6.07, 6.45) is 20.6. The third kappa shape index (κ3) is 18.9. The SMILES string of the molecule is CCCCC(CC)COC(=O)C(C#N)=CC=CN(CC)CCCCN(C=CC=C(C#N)C(=O)OCC(CC)CCCC)CC. The summed E-state index contributed by atoms with van der Waals surface area (Å²) in [5, 5.41) is 18.8. The van der Waals surface area contributed by atoms with Crippen LogP contribution in [-0.2, 0) is 19.1 Å². The van der Waals surface area contributed by atoms with Crippen molar-refractivity contribution >= 4 is 11.9 Å². The van der Waals surface area contributed by atoms with Crippen molar-refractivity contribution in [2.75, 3.05) is 39.4 Å². The maximum atomic E-state index is 12.4. The fourth-order valence-corrected chi connectivity index (χ4v) is 4.47. The summed E-state index contributed by atoms with van der Waals surface area (Å²) < 4.78 is 10.8. The standard InChI is InChI=1S/C36H58N4O4/c1-7-13-19-31(9-3)29-43-35(41)33(27-37)21-17-25-39(11-5)23-15-16-24-40(12-6)26-18-22-34(28-38)36(42)44-30-32(10-4)20-14-8-2/h17-18,21-22,25-26,31-32H,7-16,19-20,23-24,29-30H2,1-6H3. The molecule has 0 aromatic rings. The summed E-state index contributed by atoms with van der Waals surface area (Å²) in [7, 11) is 0. The highest BCUT2D eigenvalue weighted by molar-refractivity contribution is 5.93. The van der Waals surface area contributed by atoms with E-state index in [9.17, 15) is 20.1 Å². The molecule has 8 heteroatoms. The lowest BCUT2D eigenvalue weighted by Crippen LogP contribution is -2.21. The van der Waals surface area contributed by atoms with Crippen LogP contribution in [0.4, 0.5) is 0 Å². The minimum Gasteiger partial charge on any atom is -0.461 e. The van der Waals surface area contributed by atoms with Crippen molar-refractivity contribution in [2.45, 2.75) is 106 Å². The van der Waals surface area contributed by atoms with E-state index >= 15 is 0 Å². The van der Waals surface area contributed by atoms with E-state index in [0.29, 0.717) is 25.0 Å². The van der Waals surface area contributed by atoms with E-state index in [-0.39, 0.29) is 11.1 Å². The quantitative estimate of drug-likeness (QED) is 0.0338. The second-order valence-corrected chi connectivity index (χ2v) is 11.1. The Morgan fingerprint density at radius 1 is 0.659 bits per heavy atom. The van der Waals surface area contributed by atoms with Gasteiger partial charge < -0.3 is 19.3 Å². The molecule has 0 radical (unpaired) electrons. The molecule has 0 saturated carbocycles. The number of hydrogen-bond donors (Lipinski definition) is 0. The summed E-state index contributed by atoms with van der Waals surface area (Å²) in [6, 6.07) is 3.92. The molecule has 0 aliphatic heterocycles. The summed E-state index contributed by atoms with van der Waals surface area (Å²) in [4.78, 5) is 29.0. The zero-order valence-corrected chi connectivity index (χ0v) is 28.4. The highest BCUT2D eigenvalue weighted by Crippen LogP contribution is 2.15. The Bertz CT molecular complexity index is 923. The van der Waals surface area contributed by atoms with Crippen LogP contribution in [0.1, 0.15) is 106 Å². The van der Waals surface area contributed by atoms with Crippen LogP contribution in [0.15, 0.2) is 47.9 Å². The number of allylic oxidation sites excluding steroid dienone is 4. The molecule has 0 fully saturated rings. The number of nitriles is 2. The van der Waals surface area contributed by atoms with Crippen LogP contribution in [0.5, 0.6) is 0 Å². The highest BCUT2D eigenvalue weighted by Gasteiger charge is 2.15. The van der Waals surface area contributed by atoms with Gasteiger partial charge in [0.15, 0.2) is 0 Å². The Kier molecular flexibility index (Phi) is 24.9. The van der Waals surface area contributed by atoms with E-state index < -0.39 is 11.9 Å². The molecule has 0 saturated heterocycles. The first-order valence-corrected chi connectivity index (χ1v) is 16.7. The molecule has 0 aliphatic carbocycles. The normalized spacial score (nSPS) is 13.4. The predicted octanol–water partition coefficient (Wildman–Crippen LogP) is 7.86. The number of hydrogen-bond acceptors (Lipinski definition) is 8. The maximum absolute atomic E-state index is 12.4. The van der Waals surface area contributed by atoms with E-state index in [2.05, 4.69) is 51.3 Å². The van der Waals surface area contributed by atoms with Crippen molar-refractivity contribution in [2.24, 2.45) is 11.8 Å². The molecule has 2 atom stereocenters. The molecule has 0 spiro atoms.